The molecule has 13 rings (SSSR count). The number of anilines is 2. The van der Waals surface area contributed by atoms with Crippen LogP contribution in [0.15, 0.2) is 54.7 Å². The minimum atomic E-state index is -0.611. The summed E-state index contributed by atoms with van der Waals surface area (Å²) in [4.78, 5) is 61.0. The Balaban J connectivity index is 0.664. The molecule has 7 fully saturated rings. The molecule has 7 atom stereocenters. The molecular formula is C55H59FN10O5. The first-order chi connectivity index (χ1) is 34.5. The quantitative estimate of drug-likeness (QED) is 0.0989. The summed E-state index contributed by atoms with van der Waals surface area (Å²) in [6.45, 7) is 8.33. The highest BCUT2D eigenvalue weighted by Gasteiger charge is 2.51. The molecule has 8 aliphatic rings. The van der Waals surface area contributed by atoms with Crippen LogP contribution in [-0.2, 0) is 16.1 Å². The molecule has 3 aromatic carbocycles. The number of phenols is 1. The van der Waals surface area contributed by atoms with E-state index in [1.165, 1.54) is 18.9 Å². The summed E-state index contributed by atoms with van der Waals surface area (Å²) in [5.74, 6) is 3.90. The molecule has 0 spiro atoms. The number of nitrogens with one attached hydrogen (secondary N) is 3. The largest absolute Gasteiger partial charge is 0.508 e. The Bertz CT molecular complexity index is 3050. The van der Waals surface area contributed by atoms with Gasteiger partial charge in [0.1, 0.15) is 28.8 Å². The second-order valence-corrected chi connectivity index (χ2v) is 21.9. The Morgan fingerprint density at radius 1 is 0.944 bits per heavy atom. The van der Waals surface area contributed by atoms with E-state index < -0.39 is 11.9 Å². The molecule has 16 heteroatoms. The number of aromatic nitrogens is 3. The van der Waals surface area contributed by atoms with Gasteiger partial charge in [-0.25, -0.2) is 4.39 Å². The minimum absolute atomic E-state index is 0.00902. The van der Waals surface area contributed by atoms with Gasteiger partial charge in [0.15, 0.2) is 5.82 Å². The van der Waals surface area contributed by atoms with E-state index in [0.717, 1.165) is 95.7 Å². The van der Waals surface area contributed by atoms with Crippen LogP contribution in [0.1, 0.15) is 79.3 Å². The van der Waals surface area contributed by atoms with Gasteiger partial charge in [0.2, 0.25) is 11.8 Å². The Kier molecular flexibility index (Phi) is 10.9. The van der Waals surface area contributed by atoms with Crippen molar-refractivity contribution in [2.45, 2.75) is 88.5 Å². The zero-order chi connectivity index (χ0) is 48.1. The predicted molar refractivity (Wildman–Crippen MR) is 266 cm³/mol. The number of aromatic hydroxyl groups is 1. The molecule has 2 saturated carbocycles. The lowest BCUT2D eigenvalue weighted by molar-refractivity contribution is -0.136. The van der Waals surface area contributed by atoms with Crippen molar-refractivity contribution in [2.24, 2.45) is 23.2 Å². The number of halogens is 1. The molecule has 2 bridgehead atoms. The van der Waals surface area contributed by atoms with Gasteiger partial charge in [0.05, 0.1) is 12.0 Å². The normalized spacial score (nSPS) is 27.9. The van der Waals surface area contributed by atoms with Gasteiger partial charge < -0.3 is 35.2 Å². The fraction of sp³-hybridized carbons (Fsp3) is 0.491. The van der Waals surface area contributed by atoms with Crippen LogP contribution in [-0.4, -0.2) is 131 Å². The summed E-state index contributed by atoms with van der Waals surface area (Å²) in [6, 6.07) is 15.3. The van der Waals surface area contributed by atoms with E-state index >= 15 is 4.39 Å². The van der Waals surface area contributed by atoms with E-state index in [0.29, 0.717) is 94.1 Å². The molecule has 4 N–H and O–H groups in total. The number of hydrogen-bond acceptors (Lipinski definition) is 13. The molecule has 2 aromatic heterocycles. The number of carbonyl (C=O) groups is 3. The average molecular weight is 959 g/mol. The highest BCUT2D eigenvalue weighted by atomic mass is 19.1. The third-order valence-electron chi connectivity index (χ3n) is 17.4. The number of rotatable bonds is 11. The van der Waals surface area contributed by atoms with Crippen LogP contribution in [0.3, 0.4) is 0 Å². The number of piperazine rings is 2. The second kappa shape index (κ2) is 17.4. The van der Waals surface area contributed by atoms with Crippen molar-refractivity contribution in [3.05, 3.63) is 77.2 Å². The lowest BCUT2D eigenvalue weighted by Gasteiger charge is -2.37. The monoisotopic (exact) mass is 958 g/mol. The van der Waals surface area contributed by atoms with E-state index in [9.17, 15) is 19.5 Å². The zero-order valence-electron chi connectivity index (χ0n) is 39.8. The topological polar surface area (TPSA) is 168 Å². The summed E-state index contributed by atoms with van der Waals surface area (Å²) < 4.78 is 23.8. The van der Waals surface area contributed by atoms with Crippen molar-refractivity contribution in [2.75, 3.05) is 68.8 Å². The van der Waals surface area contributed by atoms with Crippen molar-refractivity contribution in [3.63, 3.8) is 0 Å². The summed E-state index contributed by atoms with van der Waals surface area (Å²) in [6.07, 6.45) is 16.0. The first-order valence-corrected chi connectivity index (χ1v) is 25.8. The molecule has 5 saturated heterocycles. The molecule has 5 aromatic rings. The number of ether oxygens (including phenoxy) is 1. The molecule has 0 unspecified atom stereocenters. The van der Waals surface area contributed by atoms with Gasteiger partial charge in [0, 0.05) is 116 Å². The molecule has 0 radical (unpaired) electrons. The Morgan fingerprint density at radius 3 is 2.56 bits per heavy atom. The number of amides is 3. The molecule has 71 heavy (non-hydrogen) atoms. The van der Waals surface area contributed by atoms with E-state index in [1.54, 1.807) is 17.2 Å². The second-order valence-electron chi connectivity index (χ2n) is 21.9. The van der Waals surface area contributed by atoms with Gasteiger partial charge in [-0.1, -0.05) is 18.1 Å². The number of piperidine rings is 1. The first-order valence-electron chi connectivity index (χ1n) is 25.8. The maximum atomic E-state index is 17.2. The van der Waals surface area contributed by atoms with Gasteiger partial charge in [-0.2, -0.15) is 9.97 Å². The summed E-state index contributed by atoms with van der Waals surface area (Å²) in [5, 5.41) is 22.6. The van der Waals surface area contributed by atoms with Crippen molar-refractivity contribution in [3.8, 4) is 35.4 Å². The summed E-state index contributed by atoms with van der Waals surface area (Å²) in [5.41, 5.74) is 3.90. The number of phenolic OH excluding ortho intramolecular Hbond substituents is 1. The number of fused-ring (bicyclic) bond motifs is 6. The highest BCUT2D eigenvalue weighted by Crippen LogP contribution is 2.54. The molecule has 3 amide bonds. The fourth-order valence-corrected chi connectivity index (χ4v) is 13.6. The van der Waals surface area contributed by atoms with Crippen LogP contribution in [0.2, 0.25) is 0 Å². The lowest BCUT2D eigenvalue weighted by atomic mass is 9.86. The predicted octanol–water partition coefficient (Wildman–Crippen LogP) is 5.36. The lowest BCUT2D eigenvalue weighted by Crippen LogP contribution is -2.52. The maximum absolute atomic E-state index is 17.2. The highest BCUT2D eigenvalue weighted by molar-refractivity contribution is 6.06. The van der Waals surface area contributed by atoms with Crippen LogP contribution < -0.4 is 30.5 Å². The van der Waals surface area contributed by atoms with Gasteiger partial charge >= 0.3 is 6.01 Å². The number of carbonyl (C=O) groups excluding carboxylic acids is 3. The summed E-state index contributed by atoms with van der Waals surface area (Å²) >= 11 is 0. The summed E-state index contributed by atoms with van der Waals surface area (Å²) in [7, 11) is 0. The van der Waals surface area contributed by atoms with E-state index in [1.807, 2.05) is 30.3 Å². The average Bonchev–Trinajstić information content (AvgIpc) is 3.55. The van der Waals surface area contributed by atoms with Crippen LogP contribution in [0, 0.1) is 41.3 Å². The minimum Gasteiger partial charge on any atom is -0.508 e. The molecule has 6 aliphatic heterocycles. The Labute approximate surface area is 411 Å². The third kappa shape index (κ3) is 8.10. The number of pyridine rings is 1. The molecule has 366 valence electrons. The van der Waals surface area contributed by atoms with Crippen molar-refractivity contribution in [1.82, 2.24) is 40.7 Å². The number of benzene rings is 3. The standard InChI is InChI=1S/C55H59FN10O5/c1-2-32-4-3-5-33-21-39(67)22-42(47(32)33)49-48(56)50-43(25-58-49)51(65-28-36-6-7-37(29-65)59-36)62-54(61-50)71-30-55(12-13-55)23-44-41-19-31(18-34(41)24-57-44)26-63-14-16-64(17-15-63)38-8-9-40-35(20-38)27-66(53(40)70)45-10-11-46(68)60-52(45)69/h1,3-5,8-9,20-22,25,31,34,36-37,41,44-45,57,59,67H,6-7,10-19,23-24,26-30H2,(H,60,68,69)/t31-,34+,36-,37-,41-,44-,45-/m0/s1. The molecule has 15 nitrogen and oxygen atoms in total. The number of hydrogen-bond donors (Lipinski definition) is 4. The third-order valence-corrected chi connectivity index (χ3v) is 17.4. The van der Waals surface area contributed by atoms with E-state index in [-0.39, 0.29) is 52.5 Å². The maximum Gasteiger partial charge on any atom is 0.319 e. The molecule has 2 aliphatic carbocycles. The van der Waals surface area contributed by atoms with Crippen LogP contribution in [0.4, 0.5) is 15.9 Å². The van der Waals surface area contributed by atoms with Crippen molar-refractivity contribution < 1.29 is 28.6 Å². The van der Waals surface area contributed by atoms with Crippen molar-refractivity contribution in [1.29, 1.82) is 0 Å². The van der Waals surface area contributed by atoms with Crippen LogP contribution >= 0.6 is 0 Å². The van der Waals surface area contributed by atoms with Gasteiger partial charge in [0.25, 0.3) is 5.91 Å². The fourth-order valence-electron chi connectivity index (χ4n) is 13.6. The SMILES string of the molecule is C#Cc1cccc2cc(O)cc(-c3ncc4c(N5C[C@@H]6CC[C@@H](C5)N6)nc(OCC5(C[C@@H]6NC[C@H]7C[C@H](CN8CCN(c9ccc%10c(c9)CN([C@H]9CCC(=O)NC9=O)C%10=O)CC8)C[C@@H]76)CC5)nc4c3F)c12. The smallest absolute Gasteiger partial charge is 0.319 e. The number of terminal acetylenes is 1. The van der Waals surface area contributed by atoms with Gasteiger partial charge in [-0.15, -0.1) is 6.42 Å². The van der Waals surface area contributed by atoms with Gasteiger partial charge in [-0.05, 0) is 123 Å². The van der Waals surface area contributed by atoms with Crippen molar-refractivity contribution >= 4 is 50.9 Å². The number of nitrogens with zero attached hydrogens (tertiary/aromatic N) is 7. The van der Waals surface area contributed by atoms with E-state index in [2.05, 4.69) is 47.6 Å². The Morgan fingerprint density at radius 2 is 1.77 bits per heavy atom. The zero-order valence-corrected chi connectivity index (χ0v) is 39.8. The van der Waals surface area contributed by atoms with Crippen LogP contribution in [0.5, 0.6) is 11.8 Å². The van der Waals surface area contributed by atoms with Gasteiger partial charge in [-0.3, -0.25) is 29.6 Å². The number of imide groups is 1. The van der Waals surface area contributed by atoms with Crippen LogP contribution in [0.25, 0.3) is 32.9 Å². The molecular weight excluding hydrogens is 900 g/mol. The van der Waals surface area contributed by atoms with E-state index in [4.69, 9.17) is 21.1 Å². The first kappa shape index (κ1) is 44.5. The molecule has 8 heterocycles. The Hall–Kier alpha value is -6.41.